The van der Waals surface area contributed by atoms with E-state index >= 15 is 0 Å². The molecule has 5 nitrogen and oxygen atoms in total. The second-order valence-electron chi connectivity index (χ2n) is 5.11. The van der Waals surface area contributed by atoms with Gasteiger partial charge in [0.05, 0.1) is 23.5 Å². The maximum atomic E-state index is 11.8. The normalized spacial score (nSPS) is 36.6. The van der Waals surface area contributed by atoms with Crippen LogP contribution in [0.15, 0.2) is 0 Å². The Balaban J connectivity index is 1.82. The first-order valence-electron chi connectivity index (χ1n) is 6.15. The molecule has 0 bridgehead atoms. The average Bonchev–Trinajstić information content (AvgIpc) is 2.62. The lowest BCUT2D eigenvalue weighted by atomic mass is 9.92. The maximum absolute atomic E-state index is 11.8. The predicted molar refractivity (Wildman–Crippen MR) is 63.2 cm³/mol. The van der Waals surface area contributed by atoms with E-state index in [1.807, 2.05) is 0 Å². The third kappa shape index (κ3) is 3.42. The zero-order valence-electron chi connectivity index (χ0n) is 9.76. The fourth-order valence-electron chi connectivity index (χ4n) is 2.54. The lowest BCUT2D eigenvalue weighted by molar-refractivity contribution is -0.125. The summed E-state index contributed by atoms with van der Waals surface area (Å²) in [6.45, 7) is 0. The molecule has 17 heavy (non-hydrogen) atoms. The summed E-state index contributed by atoms with van der Waals surface area (Å²) in [5.74, 6) is -0.373. The minimum atomic E-state index is -2.99. The van der Waals surface area contributed by atoms with Gasteiger partial charge in [0.1, 0.15) is 0 Å². The van der Waals surface area contributed by atoms with Crippen LogP contribution >= 0.6 is 0 Å². The average molecular weight is 261 g/mol. The highest BCUT2D eigenvalue weighted by atomic mass is 32.2. The minimum Gasteiger partial charge on any atom is -0.393 e. The Bertz CT molecular complexity index is 384. The van der Waals surface area contributed by atoms with Gasteiger partial charge in [-0.15, -0.1) is 0 Å². The van der Waals surface area contributed by atoms with Gasteiger partial charge in [0.25, 0.3) is 0 Å². The monoisotopic (exact) mass is 261 g/mol. The smallest absolute Gasteiger partial charge is 0.224 e. The number of hydrogen-bond donors (Lipinski definition) is 2. The van der Waals surface area contributed by atoms with Gasteiger partial charge in [-0.05, 0) is 32.1 Å². The fourth-order valence-corrected chi connectivity index (χ4v) is 4.28. The second-order valence-corrected chi connectivity index (χ2v) is 7.34. The molecule has 0 aromatic heterocycles. The van der Waals surface area contributed by atoms with E-state index in [2.05, 4.69) is 5.32 Å². The molecule has 6 heteroatoms. The third-order valence-electron chi connectivity index (χ3n) is 3.65. The van der Waals surface area contributed by atoms with Crippen LogP contribution < -0.4 is 5.32 Å². The van der Waals surface area contributed by atoms with Gasteiger partial charge < -0.3 is 10.4 Å². The van der Waals surface area contributed by atoms with E-state index in [9.17, 15) is 18.3 Å². The maximum Gasteiger partial charge on any atom is 0.224 e. The molecule has 2 rings (SSSR count). The number of rotatable bonds is 2. The van der Waals surface area contributed by atoms with Gasteiger partial charge in [0, 0.05) is 6.04 Å². The van der Waals surface area contributed by atoms with Crippen molar-refractivity contribution in [3.8, 4) is 0 Å². The Hall–Kier alpha value is -0.620. The number of aliphatic hydroxyl groups excluding tert-OH is 1. The van der Waals surface area contributed by atoms with Gasteiger partial charge in [-0.1, -0.05) is 0 Å². The summed E-state index contributed by atoms with van der Waals surface area (Å²) in [6.07, 6.45) is 3.21. The summed E-state index contributed by atoms with van der Waals surface area (Å²) in [5.41, 5.74) is 0. The first kappa shape index (κ1) is 12.8. The van der Waals surface area contributed by atoms with Crippen molar-refractivity contribution in [3.05, 3.63) is 0 Å². The zero-order chi connectivity index (χ0) is 12.5. The van der Waals surface area contributed by atoms with E-state index in [4.69, 9.17) is 0 Å². The topological polar surface area (TPSA) is 83.5 Å². The summed E-state index contributed by atoms with van der Waals surface area (Å²) in [5, 5.41) is 12.3. The number of sulfone groups is 1. The van der Waals surface area contributed by atoms with Gasteiger partial charge in [-0.2, -0.15) is 0 Å². The summed E-state index contributed by atoms with van der Waals surface area (Å²) in [4.78, 5) is 11.8. The molecular formula is C11H19NO4S. The molecule has 2 aliphatic rings. The molecule has 1 heterocycles. The van der Waals surface area contributed by atoms with Crippen molar-refractivity contribution in [1.82, 2.24) is 5.32 Å². The van der Waals surface area contributed by atoms with Crippen LogP contribution in [0.3, 0.4) is 0 Å². The number of hydrogen-bond acceptors (Lipinski definition) is 4. The van der Waals surface area contributed by atoms with Crippen molar-refractivity contribution >= 4 is 15.7 Å². The lowest BCUT2D eigenvalue weighted by Gasteiger charge is -2.27. The van der Waals surface area contributed by atoms with Crippen LogP contribution in [0.25, 0.3) is 0 Å². The predicted octanol–water partition coefficient (Wildman–Crippen LogP) is -0.159. The summed E-state index contributed by atoms with van der Waals surface area (Å²) < 4.78 is 22.5. The highest BCUT2D eigenvalue weighted by Crippen LogP contribution is 2.21. The quantitative estimate of drug-likeness (QED) is 0.723. The molecular weight excluding hydrogens is 242 g/mol. The lowest BCUT2D eigenvalue weighted by Crippen LogP contribution is -2.41. The molecule has 1 saturated heterocycles. The minimum absolute atomic E-state index is 0.00578. The van der Waals surface area contributed by atoms with Crippen molar-refractivity contribution in [2.24, 2.45) is 5.92 Å². The molecule has 1 amide bonds. The SMILES string of the molecule is O=C(NC1CCC(O)CC1)C1CCS(=O)(=O)C1. The fraction of sp³-hybridized carbons (Fsp3) is 0.909. The number of carbonyl (C=O) groups excluding carboxylic acids is 1. The van der Waals surface area contributed by atoms with E-state index < -0.39 is 9.84 Å². The molecule has 1 aliphatic heterocycles. The van der Waals surface area contributed by atoms with Crippen molar-refractivity contribution < 1.29 is 18.3 Å². The van der Waals surface area contributed by atoms with Gasteiger partial charge in [-0.3, -0.25) is 4.79 Å². The molecule has 2 N–H and O–H groups in total. The van der Waals surface area contributed by atoms with E-state index in [1.54, 1.807) is 0 Å². The first-order valence-corrected chi connectivity index (χ1v) is 7.97. The molecule has 1 unspecified atom stereocenters. The van der Waals surface area contributed by atoms with Crippen LogP contribution in [-0.2, 0) is 14.6 Å². The van der Waals surface area contributed by atoms with Crippen LogP contribution in [0, 0.1) is 5.92 Å². The van der Waals surface area contributed by atoms with E-state index in [0.717, 1.165) is 12.8 Å². The van der Waals surface area contributed by atoms with Crippen molar-refractivity contribution in [2.45, 2.75) is 44.2 Å². The van der Waals surface area contributed by atoms with E-state index in [-0.39, 0.29) is 35.5 Å². The Kier molecular flexibility index (Phi) is 3.73. The second kappa shape index (κ2) is 4.94. The number of carbonyl (C=O) groups is 1. The van der Waals surface area contributed by atoms with Crippen LogP contribution in [0.4, 0.5) is 0 Å². The number of amides is 1. The van der Waals surface area contributed by atoms with Gasteiger partial charge in [0.2, 0.25) is 5.91 Å². The summed E-state index contributed by atoms with van der Waals surface area (Å²) in [7, 11) is -2.99. The van der Waals surface area contributed by atoms with Crippen LogP contribution in [-0.4, -0.2) is 43.1 Å². The largest absolute Gasteiger partial charge is 0.393 e. The van der Waals surface area contributed by atoms with E-state index in [0.29, 0.717) is 19.3 Å². The molecule has 98 valence electrons. The molecule has 0 spiro atoms. The standard InChI is InChI=1S/C11H19NO4S/c13-10-3-1-9(2-4-10)12-11(14)8-5-6-17(15,16)7-8/h8-10,13H,1-7H2,(H,12,14). The van der Waals surface area contributed by atoms with Crippen molar-refractivity contribution in [2.75, 3.05) is 11.5 Å². The molecule has 0 aromatic rings. The van der Waals surface area contributed by atoms with Crippen molar-refractivity contribution in [3.63, 3.8) is 0 Å². The summed E-state index contributed by atoms with van der Waals surface area (Å²) >= 11 is 0. The number of aliphatic hydroxyl groups is 1. The van der Waals surface area contributed by atoms with Gasteiger partial charge in [0.15, 0.2) is 9.84 Å². The Morgan fingerprint density at radius 3 is 2.29 bits per heavy atom. The first-order chi connectivity index (χ1) is 7.96. The molecule has 1 aliphatic carbocycles. The highest BCUT2D eigenvalue weighted by molar-refractivity contribution is 7.91. The Labute approximate surface area is 102 Å². The zero-order valence-corrected chi connectivity index (χ0v) is 10.6. The van der Waals surface area contributed by atoms with E-state index in [1.165, 1.54) is 0 Å². The highest BCUT2D eigenvalue weighted by Gasteiger charge is 2.34. The Morgan fingerprint density at radius 2 is 1.76 bits per heavy atom. The third-order valence-corrected chi connectivity index (χ3v) is 5.41. The Morgan fingerprint density at radius 1 is 1.12 bits per heavy atom. The molecule has 0 radical (unpaired) electrons. The molecule has 2 fully saturated rings. The van der Waals surface area contributed by atoms with Crippen LogP contribution in [0.2, 0.25) is 0 Å². The van der Waals surface area contributed by atoms with Crippen molar-refractivity contribution in [1.29, 1.82) is 0 Å². The van der Waals surface area contributed by atoms with Gasteiger partial charge >= 0.3 is 0 Å². The number of nitrogens with one attached hydrogen (secondary N) is 1. The van der Waals surface area contributed by atoms with Crippen LogP contribution in [0.1, 0.15) is 32.1 Å². The molecule has 1 atom stereocenters. The van der Waals surface area contributed by atoms with Crippen LogP contribution in [0.5, 0.6) is 0 Å². The summed E-state index contributed by atoms with van der Waals surface area (Å²) in [6, 6.07) is 0.106. The van der Waals surface area contributed by atoms with Gasteiger partial charge in [-0.25, -0.2) is 8.42 Å². The molecule has 1 saturated carbocycles. The molecule has 0 aromatic carbocycles.